The summed E-state index contributed by atoms with van der Waals surface area (Å²) >= 11 is 0. The zero-order valence-corrected chi connectivity index (χ0v) is 11.5. The Labute approximate surface area is 119 Å². The first-order valence-corrected chi connectivity index (χ1v) is 6.69. The number of nitrogens with zero attached hydrogens (tertiary/aromatic N) is 1. The predicted octanol–water partition coefficient (Wildman–Crippen LogP) is 2.05. The minimum atomic E-state index is -0.00964. The highest BCUT2D eigenvalue weighted by Crippen LogP contribution is 2.10. The van der Waals surface area contributed by atoms with Crippen LogP contribution in [0.1, 0.15) is 24.1 Å². The van der Waals surface area contributed by atoms with E-state index in [-0.39, 0.29) is 11.9 Å². The van der Waals surface area contributed by atoms with E-state index in [9.17, 15) is 4.79 Å². The molecule has 1 unspecified atom stereocenters. The van der Waals surface area contributed by atoms with Crippen molar-refractivity contribution in [2.45, 2.75) is 19.5 Å². The second-order valence-electron chi connectivity index (χ2n) is 4.65. The average molecular weight is 269 g/mol. The molecule has 4 nitrogen and oxygen atoms in total. The maximum Gasteiger partial charge on any atom is 0.234 e. The summed E-state index contributed by atoms with van der Waals surface area (Å²) in [5, 5.41) is 6.09. The van der Waals surface area contributed by atoms with Crippen molar-refractivity contribution in [1.82, 2.24) is 15.6 Å². The Morgan fingerprint density at radius 1 is 1.15 bits per heavy atom. The third kappa shape index (κ3) is 4.48. The van der Waals surface area contributed by atoms with Gasteiger partial charge in [-0.1, -0.05) is 30.3 Å². The van der Waals surface area contributed by atoms with Crippen molar-refractivity contribution >= 4 is 5.91 Å². The van der Waals surface area contributed by atoms with Gasteiger partial charge in [-0.15, -0.1) is 0 Å². The van der Waals surface area contributed by atoms with Crippen LogP contribution in [0.2, 0.25) is 0 Å². The second kappa shape index (κ2) is 7.40. The van der Waals surface area contributed by atoms with E-state index in [0.717, 1.165) is 5.56 Å². The van der Waals surface area contributed by atoms with Gasteiger partial charge < -0.3 is 10.6 Å². The van der Waals surface area contributed by atoms with Gasteiger partial charge in [0.05, 0.1) is 6.54 Å². The SMILES string of the molecule is CC(NCC(=O)NCc1ccncc1)c1ccccc1. The Bertz CT molecular complexity index is 528. The van der Waals surface area contributed by atoms with Gasteiger partial charge >= 0.3 is 0 Å². The highest BCUT2D eigenvalue weighted by atomic mass is 16.1. The molecule has 1 amide bonds. The molecule has 2 aromatic rings. The lowest BCUT2D eigenvalue weighted by atomic mass is 10.1. The molecule has 1 aromatic carbocycles. The van der Waals surface area contributed by atoms with Crippen LogP contribution in [-0.2, 0) is 11.3 Å². The fraction of sp³-hybridized carbons (Fsp3) is 0.250. The molecule has 20 heavy (non-hydrogen) atoms. The molecule has 0 aliphatic heterocycles. The molecule has 2 N–H and O–H groups in total. The fourth-order valence-electron chi connectivity index (χ4n) is 1.87. The van der Waals surface area contributed by atoms with Crippen LogP contribution in [0.5, 0.6) is 0 Å². The minimum absolute atomic E-state index is 0.00964. The summed E-state index contributed by atoms with van der Waals surface area (Å²) in [6, 6.07) is 14.0. The Morgan fingerprint density at radius 3 is 2.55 bits per heavy atom. The zero-order chi connectivity index (χ0) is 14.2. The smallest absolute Gasteiger partial charge is 0.234 e. The van der Waals surface area contributed by atoms with E-state index < -0.39 is 0 Å². The molecule has 0 spiro atoms. The molecule has 0 aliphatic rings. The molecule has 0 saturated heterocycles. The van der Waals surface area contributed by atoms with E-state index in [4.69, 9.17) is 0 Å². The van der Waals surface area contributed by atoms with Crippen molar-refractivity contribution in [3.05, 3.63) is 66.0 Å². The summed E-state index contributed by atoms with van der Waals surface area (Å²) in [5.74, 6) is -0.00964. The monoisotopic (exact) mass is 269 g/mol. The minimum Gasteiger partial charge on any atom is -0.351 e. The summed E-state index contributed by atoms with van der Waals surface area (Å²) in [5.41, 5.74) is 2.22. The standard InChI is InChI=1S/C16H19N3O/c1-13(15-5-3-2-4-6-15)18-12-16(20)19-11-14-7-9-17-10-8-14/h2-10,13,18H,11-12H2,1H3,(H,19,20). The first-order valence-electron chi connectivity index (χ1n) is 6.69. The van der Waals surface area contributed by atoms with Crippen LogP contribution < -0.4 is 10.6 Å². The summed E-state index contributed by atoms with van der Waals surface area (Å²) < 4.78 is 0. The van der Waals surface area contributed by atoms with Crippen LogP contribution in [0.3, 0.4) is 0 Å². The molecular weight excluding hydrogens is 250 g/mol. The van der Waals surface area contributed by atoms with Gasteiger partial charge in [0.15, 0.2) is 0 Å². The van der Waals surface area contributed by atoms with Gasteiger partial charge in [-0.2, -0.15) is 0 Å². The van der Waals surface area contributed by atoms with Gasteiger partial charge in [0.25, 0.3) is 0 Å². The molecule has 2 rings (SSSR count). The molecule has 0 radical (unpaired) electrons. The topological polar surface area (TPSA) is 54.0 Å². The van der Waals surface area contributed by atoms with E-state index in [2.05, 4.69) is 15.6 Å². The van der Waals surface area contributed by atoms with Gasteiger partial charge in [0.1, 0.15) is 0 Å². The van der Waals surface area contributed by atoms with Crippen LogP contribution in [0.25, 0.3) is 0 Å². The third-order valence-electron chi connectivity index (χ3n) is 3.11. The lowest BCUT2D eigenvalue weighted by Gasteiger charge is -2.14. The van der Waals surface area contributed by atoms with Crippen LogP contribution in [0.15, 0.2) is 54.9 Å². The Kier molecular flexibility index (Phi) is 5.26. The molecule has 1 heterocycles. The lowest BCUT2D eigenvalue weighted by molar-refractivity contribution is -0.120. The number of benzene rings is 1. The van der Waals surface area contributed by atoms with Crippen LogP contribution >= 0.6 is 0 Å². The maximum atomic E-state index is 11.8. The molecule has 0 saturated carbocycles. The van der Waals surface area contributed by atoms with Gasteiger partial charge in [0, 0.05) is 25.0 Å². The predicted molar refractivity (Wildman–Crippen MR) is 78.9 cm³/mol. The third-order valence-corrected chi connectivity index (χ3v) is 3.11. The molecule has 104 valence electrons. The van der Waals surface area contributed by atoms with Crippen molar-refractivity contribution in [2.75, 3.05) is 6.54 Å². The van der Waals surface area contributed by atoms with E-state index in [1.54, 1.807) is 12.4 Å². The van der Waals surface area contributed by atoms with Crippen LogP contribution in [-0.4, -0.2) is 17.4 Å². The first kappa shape index (κ1) is 14.2. The Morgan fingerprint density at radius 2 is 1.85 bits per heavy atom. The quantitative estimate of drug-likeness (QED) is 0.844. The number of aromatic nitrogens is 1. The highest BCUT2D eigenvalue weighted by Gasteiger charge is 2.06. The second-order valence-corrected chi connectivity index (χ2v) is 4.65. The summed E-state index contributed by atoms with van der Waals surface area (Å²) in [6.45, 7) is 2.88. The zero-order valence-electron chi connectivity index (χ0n) is 11.5. The first-order chi connectivity index (χ1) is 9.75. The van der Waals surface area contributed by atoms with Crippen molar-refractivity contribution in [3.8, 4) is 0 Å². The van der Waals surface area contributed by atoms with E-state index in [1.807, 2.05) is 49.4 Å². The molecule has 0 fully saturated rings. The summed E-state index contributed by atoms with van der Waals surface area (Å²) in [4.78, 5) is 15.7. The summed E-state index contributed by atoms with van der Waals surface area (Å²) in [7, 11) is 0. The van der Waals surface area contributed by atoms with Crippen molar-refractivity contribution < 1.29 is 4.79 Å². The number of hydrogen-bond acceptors (Lipinski definition) is 3. The molecule has 1 atom stereocenters. The number of carbonyl (C=O) groups excluding carboxylic acids is 1. The van der Waals surface area contributed by atoms with E-state index >= 15 is 0 Å². The maximum absolute atomic E-state index is 11.8. The normalized spacial score (nSPS) is 11.8. The van der Waals surface area contributed by atoms with Crippen LogP contribution in [0, 0.1) is 0 Å². The molecule has 1 aromatic heterocycles. The largest absolute Gasteiger partial charge is 0.351 e. The highest BCUT2D eigenvalue weighted by molar-refractivity contribution is 5.78. The van der Waals surface area contributed by atoms with Gasteiger partial charge in [-0.25, -0.2) is 0 Å². The van der Waals surface area contributed by atoms with E-state index in [0.29, 0.717) is 13.1 Å². The van der Waals surface area contributed by atoms with Gasteiger partial charge in [-0.3, -0.25) is 9.78 Å². The Hall–Kier alpha value is -2.20. The summed E-state index contributed by atoms with van der Waals surface area (Å²) in [6.07, 6.45) is 3.44. The van der Waals surface area contributed by atoms with Gasteiger partial charge in [-0.05, 0) is 30.2 Å². The number of amides is 1. The number of hydrogen-bond donors (Lipinski definition) is 2. The van der Waals surface area contributed by atoms with Crippen molar-refractivity contribution in [2.24, 2.45) is 0 Å². The lowest BCUT2D eigenvalue weighted by Crippen LogP contribution is -2.34. The molecule has 4 heteroatoms. The molecule has 0 aliphatic carbocycles. The van der Waals surface area contributed by atoms with Crippen molar-refractivity contribution in [1.29, 1.82) is 0 Å². The number of rotatable bonds is 6. The van der Waals surface area contributed by atoms with Gasteiger partial charge in [0.2, 0.25) is 5.91 Å². The Balaban J connectivity index is 1.73. The number of nitrogens with one attached hydrogen (secondary N) is 2. The van der Waals surface area contributed by atoms with E-state index in [1.165, 1.54) is 5.56 Å². The van der Waals surface area contributed by atoms with Crippen LogP contribution in [0.4, 0.5) is 0 Å². The molecule has 0 bridgehead atoms. The molecular formula is C16H19N3O. The number of carbonyl (C=O) groups is 1. The van der Waals surface area contributed by atoms with Crippen molar-refractivity contribution in [3.63, 3.8) is 0 Å². The fourth-order valence-corrected chi connectivity index (χ4v) is 1.87. The average Bonchev–Trinajstić information content (AvgIpc) is 2.52. The number of pyridine rings is 1.